The van der Waals surface area contributed by atoms with Crippen LogP contribution in [0.15, 0.2) is 24.4 Å². The molecule has 0 radical (unpaired) electrons. The van der Waals surface area contributed by atoms with Crippen LogP contribution in [0.4, 0.5) is 4.79 Å². The second-order valence-electron chi connectivity index (χ2n) is 3.82. The van der Waals surface area contributed by atoms with Gasteiger partial charge in [0.1, 0.15) is 6.10 Å². The number of carboxylic acid groups (broad SMARTS) is 1. The molecule has 1 fully saturated rings. The molecule has 0 bridgehead atoms. The first-order chi connectivity index (χ1) is 8.09. The van der Waals surface area contributed by atoms with Crippen molar-refractivity contribution < 1.29 is 19.4 Å². The van der Waals surface area contributed by atoms with Gasteiger partial charge in [0.25, 0.3) is 0 Å². The first kappa shape index (κ1) is 11.4. The third kappa shape index (κ3) is 2.20. The van der Waals surface area contributed by atoms with E-state index in [0.717, 1.165) is 0 Å². The molecule has 0 aliphatic carbocycles. The summed E-state index contributed by atoms with van der Waals surface area (Å²) in [7, 11) is 0. The Balaban J connectivity index is 2.18. The van der Waals surface area contributed by atoms with Crippen molar-refractivity contribution in [2.75, 3.05) is 0 Å². The van der Waals surface area contributed by atoms with E-state index in [9.17, 15) is 9.59 Å². The first-order valence-corrected chi connectivity index (χ1v) is 5.19. The number of ether oxygens (including phenoxy) is 1. The lowest BCUT2D eigenvalue weighted by Crippen LogP contribution is -2.41. The van der Waals surface area contributed by atoms with Crippen LogP contribution < -0.4 is 0 Å². The Bertz CT molecular complexity index is 434. The standard InChI is InChI=1S/C11H12N2O4/c1-7-9(10(14)15)13(11(16)17-7)6-8-4-2-3-5-12-8/h2-5,7,9H,6H2,1H3,(H,14,15). The maximum atomic E-state index is 11.5. The van der Waals surface area contributed by atoms with Gasteiger partial charge >= 0.3 is 12.1 Å². The highest BCUT2D eigenvalue weighted by atomic mass is 16.6. The number of cyclic esters (lactones) is 1. The maximum Gasteiger partial charge on any atom is 0.411 e. The van der Waals surface area contributed by atoms with Crippen molar-refractivity contribution in [1.29, 1.82) is 0 Å². The summed E-state index contributed by atoms with van der Waals surface area (Å²) in [4.78, 5) is 27.8. The minimum atomic E-state index is -1.07. The topological polar surface area (TPSA) is 79.7 Å². The van der Waals surface area contributed by atoms with Gasteiger partial charge in [0.15, 0.2) is 6.04 Å². The van der Waals surface area contributed by atoms with E-state index in [0.29, 0.717) is 5.69 Å². The average Bonchev–Trinajstić information content (AvgIpc) is 2.55. The summed E-state index contributed by atoms with van der Waals surface area (Å²) in [5, 5.41) is 9.06. The van der Waals surface area contributed by atoms with Crippen LogP contribution in [0.25, 0.3) is 0 Å². The van der Waals surface area contributed by atoms with Crippen LogP contribution in [-0.2, 0) is 16.1 Å². The Morgan fingerprint density at radius 3 is 2.94 bits per heavy atom. The summed E-state index contributed by atoms with van der Waals surface area (Å²) in [6, 6.07) is 4.31. The highest BCUT2D eigenvalue weighted by Gasteiger charge is 2.44. The molecule has 0 spiro atoms. The molecule has 6 nitrogen and oxygen atoms in total. The van der Waals surface area contributed by atoms with E-state index < -0.39 is 24.2 Å². The van der Waals surface area contributed by atoms with E-state index in [1.54, 1.807) is 31.3 Å². The lowest BCUT2D eigenvalue weighted by Gasteiger charge is -2.18. The molecule has 90 valence electrons. The molecule has 2 atom stereocenters. The Morgan fingerprint density at radius 2 is 2.35 bits per heavy atom. The number of rotatable bonds is 3. The number of amides is 1. The van der Waals surface area contributed by atoms with E-state index >= 15 is 0 Å². The fourth-order valence-electron chi connectivity index (χ4n) is 1.82. The molecule has 1 N–H and O–H groups in total. The molecule has 1 aromatic rings. The van der Waals surface area contributed by atoms with Gasteiger partial charge in [-0.3, -0.25) is 9.88 Å². The lowest BCUT2D eigenvalue weighted by atomic mass is 10.1. The SMILES string of the molecule is CC1OC(=O)N(Cc2ccccn2)C1C(=O)O. The predicted octanol–water partition coefficient (Wildman–Crippen LogP) is 0.875. The molecule has 17 heavy (non-hydrogen) atoms. The van der Waals surface area contributed by atoms with Crippen molar-refractivity contribution in [2.24, 2.45) is 0 Å². The smallest absolute Gasteiger partial charge is 0.411 e. The highest BCUT2D eigenvalue weighted by Crippen LogP contribution is 2.21. The normalized spacial score (nSPS) is 23.6. The zero-order valence-corrected chi connectivity index (χ0v) is 9.24. The summed E-state index contributed by atoms with van der Waals surface area (Å²) < 4.78 is 4.90. The van der Waals surface area contributed by atoms with E-state index in [4.69, 9.17) is 9.84 Å². The third-order valence-corrected chi connectivity index (χ3v) is 2.61. The molecule has 2 rings (SSSR count). The quantitative estimate of drug-likeness (QED) is 0.842. The molecule has 1 saturated heterocycles. The van der Waals surface area contributed by atoms with Gasteiger partial charge in [-0.15, -0.1) is 0 Å². The molecule has 1 aromatic heterocycles. The van der Waals surface area contributed by atoms with Crippen molar-refractivity contribution in [3.05, 3.63) is 30.1 Å². The summed E-state index contributed by atoms with van der Waals surface area (Å²) in [5.41, 5.74) is 0.629. The van der Waals surface area contributed by atoms with Gasteiger partial charge in [-0.1, -0.05) is 6.07 Å². The summed E-state index contributed by atoms with van der Waals surface area (Å²) >= 11 is 0. The van der Waals surface area contributed by atoms with E-state index in [-0.39, 0.29) is 6.54 Å². The number of carbonyl (C=O) groups is 2. The Hall–Kier alpha value is -2.11. The first-order valence-electron chi connectivity index (χ1n) is 5.19. The number of nitrogens with zero attached hydrogens (tertiary/aromatic N) is 2. The second kappa shape index (κ2) is 4.40. The molecular weight excluding hydrogens is 224 g/mol. The largest absolute Gasteiger partial charge is 0.480 e. The van der Waals surface area contributed by atoms with Crippen molar-refractivity contribution in [2.45, 2.75) is 25.6 Å². The third-order valence-electron chi connectivity index (χ3n) is 2.61. The predicted molar refractivity (Wildman–Crippen MR) is 57.1 cm³/mol. The van der Waals surface area contributed by atoms with Crippen molar-refractivity contribution >= 4 is 12.1 Å². The van der Waals surface area contributed by atoms with Crippen molar-refractivity contribution in [1.82, 2.24) is 9.88 Å². The minimum absolute atomic E-state index is 0.140. The average molecular weight is 236 g/mol. The number of aliphatic carboxylic acids is 1. The zero-order valence-electron chi connectivity index (χ0n) is 9.24. The Morgan fingerprint density at radius 1 is 1.59 bits per heavy atom. The van der Waals surface area contributed by atoms with Crippen molar-refractivity contribution in [3.8, 4) is 0 Å². The van der Waals surface area contributed by atoms with E-state index in [2.05, 4.69) is 4.98 Å². The Labute approximate surface area is 97.8 Å². The van der Waals surface area contributed by atoms with Gasteiger partial charge < -0.3 is 9.84 Å². The molecule has 0 aromatic carbocycles. The molecule has 1 aliphatic rings. The van der Waals surface area contributed by atoms with Crippen LogP contribution >= 0.6 is 0 Å². The van der Waals surface area contributed by atoms with Crippen LogP contribution in [-0.4, -0.2) is 39.2 Å². The molecule has 2 unspecified atom stereocenters. The molecule has 2 heterocycles. The fraction of sp³-hybridized carbons (Fsp3) is 0.364. The van der Waals surface area contributed by atoms with Gasteiger partial charge in [-0.25, -0.2) is 9.59 Å². The van der Waals surface area contributed by atoms with Crippen LogP contribution in [0.1, 0.15) is 12.6 Å². The number of hydrogen-bond acceptors (Lipinski definition) is 4. The summed E-state index contributed by atoms with van der Waals surface area (Å²) in [6.07, 6.45) is 0.329. The van der Waals surface area contributed by atoms with Gasteiger partial charge in [-0.2, -0.15) is 0 Å². The van der Waals surface area contributed by atoms with Crippen LogP contribution in [0.2, 0.25) is 0 Å². The highest BCUT2D eigenvalue weighted by molar-refractivity contribution is 5.83. The van der Waals surface area contributed by atoms with E-state index in [1.807, 2.05) is 0 Å². The fourth-order valence-corrected chi connectivity index (χ4v) is 1.82. The molecule has 0 saturated carbocycles. The molecular formula is C11H12N2O4. The number of aromatic nitrogens is 1. The van der Waals surface area contributed by atoms with Gasteiger partial charge in [0.2, 0.25) is 0 Å². The lowest BCUT2D eigenvalue weighted by molar-refractivity contribution is -0.142. The van der Waals surface area contributed by atoms with Crippen LogP contribution in [0, 0.1) is 0 Å². The van der Waals surface area contributed by atoms with Crippen LogP contribution in [0.5, 0.6) is 0 Å². The maximum absolute atomic E-state index is 11.5. The zero-order chi connectivity index (χ0) is 12.4. The van der Waals surface area contributed by atoms with E-state index in [1.165, 1.54) is 4.90 Å². The summed E-state index contributed by atoms with van der Waals surface area (Å²) in [6.45, 7) is 1.70. The number of carboxylic acids is 1. The van der Waals surface area contributed by atoms with Crippen molar-refractivity contribution in [3.63, 3.8) is 0 Å². The molecule has 1 amide bonds. The van der Waals surface area contributed by atoms with Gasteiger partial charge in [-0.05, 0) is 19.1 Å². The minimum Gasteiger partial charge on any atom is -0.480 e. The second-order valence-corrected chi connectivity index (χ2v) is 3.82. The number of carbonyl (C=O) groups excluding carboxylic acids is 1. The summed E-state index contributed by atoms with van der Waals surface area (Å²) in [5.74, 6) is -1.07. The Kier molecular flexibility index (Phi) is 2.95. The molecule has 6 heteroatoms. The van der Waals surface area contributed by atoms with Crippen LogP contribution in [0.3, 0.4) is 0 Å². The van der Waals surface area contributed by atoms with Gasteiger partial charge in [0.05, 0.1) is 12.2 Å². The molecule has 1 aliphatic heterocycles. The van der Waals surface area contributed by atoms with Gasteiger partial charge in [0, 0.05) is 6.20 Å². The number of hydrogen-bond donors (Lipinski definition) is 1. The number of pyridine rings is 1. The monoisotopic (exact) mass is 236 g/mol.